The second-order valence-electron chi connectivity index (χ2n) is 5.64. The lowest BCUT2D eigenvalue weighted by atomic mass is 9.83. The molecule has 1 atom stereocenters. The van der Waals surface area contributed by atoms with Gasteiger partial charge in [-0.15, -0.1) is 0 Å². The van der Waals surface area contributed by atoms with Crippen molar-refractivity contribution in [2.45, 2.75) is 55.6 Å². The van der Waals surface area contributed by atoms with Crippen LogP contribution in [0.1, 0.15) is 44.1 Å². The van der Waals surface area contributed by atoms with Crippen LogP contribution >= 0.6 is 15.9 Å². The minimum Gasteiger partial charge on any atom is -0.471 e. The van der Waals surface area contributed by atoms with E-state index in [1.807, 2.05) is 30.3 Å². The molecule has 2 fully saturated rings. The summed E-state index contributed by atoms with van der Waals surface area (Å²) in [6.07, 6.45) is 6.90. The molecule has 1 saturated carbocycles. The molecule has 3 rings (SSSR count). The van der Waals surface area contributed by atoms with Gasteiger partial charge in [0.05, 0.1) is 4.83 Å². The predicted molar refractivity (Wildman–Crippen MR) is 82.9 cm³/mol. The van der Waals surface area contributed by atoms with E-state index in [0.717, 1.165) is 30.7 Å². The quantitative estimate of drug-likeness (QED) is 0.604. The Hall–Kier alpha value is -1.03. The largest absolute Gasteiger partial charge is 0.471 e. The number of ether oxygens (including phenoxy) is 1. The number of hydrogen-bond acceptors (Lipinski definition) is 3. The third kappa shape index (κ3) is 3.00. The monoisotopic (exact) mass is 337 g/mol. The summed E-state index contributed by atoms with van der Waals surface area (Å²) in [7, 11) is 0. The minimum absolute atomic E-state index is 0.0345. The van der Waals surface area contributed by atoms with E-state index in [0.29, 0.717) is 11.4 Å². The number of nitrogens with zero attached hydrogens (tertiary/aromatic N) is 1. The maximum Gasteiger partial charge on any atom is 0.227 e. The van der Waals surface area contributed by atoms with Crippen molar-refractivity contribution in [3.05, 3.63) is 35.9 Å². The number of benzene rings is 1. The molecule has 2 aliphatic rings. The first kappa shape index (κ1) is 13.9. The topological polar surface area (TPSA) is 30.8 Å². The Morgan fingerprint density at radius 2 is 1.95 bits per heavy atom. The molecule has 1 saturated heterocycles. The van der Waals surface area contributed by atoms with E-state index in [1.165, 1.54) is 19.3 Å². The zero-order chi connectivity index (χ0) is 13.8. The SMILES string of the molecule is BrC1C/C(=N\OCc2ccccc2)OC12CCCCC2. The molecule has 108 valence electrons. The van der Waals surface area contributed by atoms with Crippen molar-refractivity contribution in [3.8, 4) is 0 Å². The van der Waals surface area contributed by atoms with Gasteiger partial charge in [-0.3, -0.25) is 0 Å². The van der Waals surface area contributed by atoms with Crippen LogP contribution in [-0.4, -0.2) is 16.3 Å². The zero-order valence-electron chi connectivity index (χ0n) is 11.6. The minimum atomic E-state index is -0.0345. The first-order valence-electron chi connectivity index (χ1n) is 7.34. The van der Waals surface area contributed by atoms with Crippen LogP contribution in [0, 0.1) is 0 Å². The summed E-state index contributed by atoms with van der Waals surface area (Å²) in [6, 6.07) is 10.1. The lowest BCUT2D eigenvalue weighted by Gasteiger charge is -2.34. The van der Waals surface area contributed by atoms with Gasteiger partial charge in [0.2, 0.25) is 5.90 Å². The second-order valence-corrected chi connectivity index (χ2v) is 6.75. The molecule has 1 heterocycles. The summed E-state index contributed by atoms with van der Waals surface area (Å²) >= 11 is 3.77. The Morgan fingerprint density at radius 1 is 1.20 bits per heavy atom. The Bertz CT molecular complexity index is 469. The zero-order valence-corrected chi connectivity index (χ0v) is 13.1. The number of rotatable bonds is 3. The Labute approximate surface area is 128 Å². The molecule has 0 N–H and O–H groups in total. The fourth-order valence-electron chi connectivity index (χ4n) is 3.05. The molecule has 1 aliphatic heterocycles. The lowest BCUT2D eigenvalue weighted by Crippen LogP contribution is -2.38. The van der Waals surface area contributed by atoms with Crippen LogP contribution in [0.15, 0.2) is 35.5 Å². The highest BCUT2D eigenvalue weighted by atomic mass is 79.9. The first-order chi connectivity index (χ1) is 9.78. The van der Waals surface area contributed by atoms with Gasteiger partial charge in [-0.05, 0) is 31.2 Å². The van der Waals surface area contributed by atoms with E-state index in [4.69, 9.17) is 9.57 Å². The molecule has 1 aromatic carbocycles. The highest BCUT2D eigenvalue weighted by Gasteiger charge is 2.47. The van der Waals surface area contributed by atoms with Crippen molar-refractivity contribution < 1.29 is 9.57 Å². The molecule has 0 amide bonds. The standard InChI is InChI=1S/C16H20BrNO2/c17-14-11-15(20-16(14)9-5-2-6-10-16)18-19-12-13-7-3-1-4-8-13/h1,3-4,7-8,14H,2,5-6,9-12H2/b18-15+. The summed E-state index contributed by atoms with van der Waals surface area (Å²) in [5.74, 6) is 0.740. The number of hydrogen-bond donors (Lipinski definition) is 0. The molecular weight excluding hydrogens is 318 g/mol. The Balaban J connectivity index is 1.57. The van der Waals surface area contributed by atoms with Crippen LogP contribution in [0.3, 0.4) is 0 Å². The lowest BCUT2D eigenvalue weighted by molar-refractivity contribution is 0.0365. The normalized spacial score (nSPS) is 26.6. The van der Waals surface area contributed by atoms with E-state index < -0.39 is 0 Å². The molecule has 1 aromatic rings. The van der Waals surface area contributed by atoms with Crippen LogP contribution in [0.25, 0.3) is 0 Å². The van der Waals surface area contributed by atoms with Crippen molar-refractivity contribution in [2.24, 2.45) is 5.16 Å². The van der Waals surface area contributed by atoms with E-state index in [1.54, 1.807) is 0 Å². The highest BCUT2D eigenvalue weighted by molar-refractivity contribution is 9.09. The van der Waals surface area contributed by atoms with Crippen molar-refractivity contribution in [1.82, 2.24) is 0 Å². The Morgan fingerprint density at radius 3 is 2.70 bits per heavy atom. The van der Waals surface area contributed by atoms with Crippen molar-refractivity contribution in [2.75, 3.05) is 0 Å². The third-order valence-corrected chi connectivity index (χ3v) is 5.34. The van der Waals surface area contributed by atoms with Crippen molar-refractivity contribution in [1.29, 1.82) is 0 Å². The van der Waals surface area contributed by atoms with Crippen LogP contribution < -0.4 is 0 Å². The van der Waals surface area contributed by atoms with Crippen LogP contribution in [-0.2, 0) is 16.2 Å². The van der Waals surface area contributed by atoms with Gasteiger partial charge in [-0.2, -0.15) is 0 Å². The Kier molecular flexibility index (Phi) is 4.29. The maximum absolute atomic E-state index is 6.12. The molecule has 20 heavy (non-hydrogen) atoms. The summed E-state index contributed by atoms with van der Waals surface area (Å²) in [5.41, 5.74) is 1.09. The molecule has 4 heteroatoms. The molecule has 1 spiro atoms. The molecule has 0 aromatic heterocycles. The van der Waals surface area contributed by atoms with E-state index in [-0.39, 0.29) is 5.60 Å². The van der Waals surface area contributed by atoms with Crippen LogP contribution in [0.5, 0.6) is 0 Å². The van der Waals surface area contributed by atoms with Gasteiger partial charge >= 0.3 is 0 Å². The average molecular weight is 338 g/mol. The summed E-state index contributed by atoms with van der Waals surface area (Å²) in [6.45, 7) is 0.494. The fraction of sp³-hybridized carbons (Fsp3) is 0.562. The van der Waals surface area contributed by atoms with Gasteiger partial charge in [-0.1, -0.05) is 57.8 Å². The predicted octanol–water partition coefficient (Wildman–Crippen LogP) is 4.40. The molecule has 0 bridgehead atoms. The fourth-order valence-corrected chi connectivity index (χ4v) is 3.88. The molecule has 1 unspecified atom stereocenters. The average Bonchev–Trinajstić information content (AvgIpc) is 2.77. The summed E-state index contributed by atoms with van der Waals surface area (Å²) in [5, 5.41) is 4.18. The molecule has 0 radical (unpaired) electrons. The summed E-state index contributed by atoms with van der Waals surface area (Å²) < 4.78 is 6.12. The van der Waals surface area contributed by atoms with Crippen LogP contribution in [0.4, 0.5) is 0 Å². The number of alkyl halides is 1. The molecule has 1 aliphatic carbocycles. The smallest absolute Gasteiger partial charge is 0.227 e. The van der Waals surface area contributed by atoms with Crippen molar-refractivity contribution >= 4 is 21.8 Å². The second kappa shape index (κ2) is 6.17. The highest BCUT2D eigenvalue weighted by Crippen LogP contribution is 2.44. The number of halogens is 1. The van der Waals surface area contributed by atoms with E-state index in [9.17, 15) is 0 Å². The van der Waals surface area contributed by atoms with Gasteiger partial charge < -0.3 is 9.57 Å². The van der Waals surface area contributed by atoms with Gasteiger partial charge in [0, 0.05) is 6.42 Å². The van der Waals surface area contributed by atoms with Gasteiger partial charge in [0.15, 0.2) is 0 Å². The molecule has 3 nitrogen and oxygen atoms in total. The van der Waals surface area contributed by atoms with Gasteiger partial charge in [0.25, 0.3) is 0 Å². The first-order valence-corrected chi connectivity index (χ1v) is 8.26. The van der Waals surface area contributed by atoms with Gasteiger partial charge in [0.1, 0.15) is 12.2 Å². The summed E-state index contributed by atoms with van der Waals surface area (Å²) in [4.78, 5) is 5.80. The van der Waals surface area contributed by atoms with Crippen molar-refractivity contribution in [3.63, 3.8) is 0 Å². The molecular formula is C16H20BrNO2. The maximum atomic E-state index is 6.12. The third-order valence-electron chi connectivity index (χ3n) is 4.19. The van der Waals surface area contributed by atoms with E-state index >= 15 is 0 Å². The van der Waals surface area contributed by atoms with E-state index in [2.05, 4.69) is 21.1 Å². The number of oxime groups is 1. The van der Waals surface area contributed by atoms with Crippen LogP contribution in [0.2, 0.25) is 0 Å². The van der Waals surface area contributed by atoms with Gasteiger partial charge in [-0.25, -0.2) is 0 Å².